The number of aliphatic hydroxyl groups is 2. The molecular weight excluding hydrogens is 911 g/mol. The van der Waals surface area contributed by atoms with Gasteiger partial charge in [0.05, 0.1) is 25.4 Å². The van der Waals surface area contributed by atoms with E-state index in [9.17, 15) is 19.8 Å². The van der Waals surface area contributed by atoms with Crippen molar-refractivity contribution in [3.63, 3.8) is 0 Å². The number of hydrogen-bond donors (Lipinski definition) is 3. The van der Waals surface area contributed by atoms with Crippen molar-refractivity contribution in [2.75, 3.05) is 13.2 Å². The molecule has 0 rings (SSSR count). The fourth-order valence-corrected chi connectivity index (χ4v) is 10.3. The van der Waals surface area contributed by atoms with Crippen LogP contribution >= 0.6 is 0 Å². The van der Waals surface area contributed by atoms with Crippen LogP contribution < -0.4 is 5.32 Å². The van der Waals surface area contributed by atoms with Crippen LogP contribution in [0.2, 0.25) is 0 Å². The maximum atomic E-state index is 12.5. The number of hydrogen-bond acceptors (Lipinski definition) is 5. The molecule has 0 spiro atoms. The van der Waals surface area contributed by atoms with Crippen molar-refractivity contribution in [2.45, 2.75) is 373 Å². The highest BCUT2D eigenvalue weighted by Gasteiger charge is 2.20. The van der Waals surface area contributed by atoms with E-state index in [1.807, 2.05) is 0 Å². The van der Waals surface area contributed by atoms with Gasteiger partial charge in [0.1, 0.15) is 0 Å². The SMILES string of the molecule is CCCCC/C=C\C/C=C\CCCCCCCC(=O)OCCCCCCCCCCCCCC/C=C\CCCCCCCCCCC(=O)NC(CO)C(O)CCCCCCCCCCCCCCCCCCCC. The fourth-order valence-electron chi connectivity index (χ4n) is 10.3. The fraction of sp³-hybridized carbons (Fsp3) is 0.882. The van der Waals surface area contributed by atoms with E-state index in [1.54, 1.807) is 0 Å². The molecule has 0 heterocycles. The largest absolute Gasteiger partial charge is 0.466 e. The summed E-state index contributed by atoms with van der Waals surface area (Å²) in [6.45, 7) is 4.94. The van der Waals surface area contributed by atoms with Gasteiger partial charge in [-0.25, -0.2) is 0 Å². The Balaban J connectivity index is 3.41. The topological polar surface area (TPSA) is 95.9 Å². The van der Waals surface area contributed by atoms with Crippen LogP contribution in [0.1, 0.15) is 361 Å². The van der Waals surface area contributed by atoms with Crippen molar-refractivity contribution in [2.24, 2.45) is 0 Å². The highest BCUT2D eigenvalue weighted by atomic mass is 16.5. The zero-order valence-electron chi connectivity index (χ0n) is 49.8. The number of nitrogens with one attached hydrogen (secondary N) is 1. The Morgan fingerprint density at radius 2 is 0.676 bits per heavy atom. The number of carbonyl (C=O) groups excluding carboxylic acids is 2. The third-order valence-corrected chi connectivity index (χ3v) is 15.4. The molecule has 0 bridgehead atoms. The van der Waals surface area contributed by atoms with Crippen molar-refractivity contribution < 1.29 is 24.5 Å². The van der Waals surface area contributed by atoms with Crippen LogP contribution in [0.25, 0.3) is 0 Å². The lowest BCUT2D eigenvalue weighted by Crippen LogP contribution is -2.45. The molecule has 74 heavy (non-hydrogen) atoms. The van der Waals surface area contributed by atoms with Crippen molar-refractivity contribution in [3.8, 4) is 0 Å². The smallest absolute Gasteiger partial charge is 0.305 e. The van der Waals surface area contributed by atoms with Crippen LogP contribution in [0.3, 0.4) is 0 Å². The van der Waals surface area contributed by atoms with Crippen molar-refractivity contribution >= 4 is 11.9 Å². The van der Waals surface area contributed by atoms with Gasteiger partial charge in [-0.15, -0.1) is 0 Å². The first kappa shape index (κ1) is 72.1. The number of carbonyl (C=O) groups is 2. The first-order valence-electron chi connectivity index (χ1n) is 33.2. The van der Waals surface area contributed by atoms with Crippen LogP contribution in [-0.4, -0.2) is 47.4 Å². The molecule has 0 saturated carbocycles. The predicted molar refractivity (Wildman–Crippen MR) is 324 cm³/mol. The predicted octanol–water partition coefficient (Wildman–Crippen LogP) is 21.1. The van der Waals surface area contributed by atoms with E-state index >= 15 is 0 Å². The normalized spacial score (nSPS) is 12.8. The Labute approximate surface area is 462 Å². The molecule has 0 aliphatic rings. The minimum Gasteiger partial charge on any atom is -0.466 e. The molecule has 436 valence electrons. The number of ether oxygens (including phenoxy) is 1. The highest BCUT2D eigenvalue weighted by Crippen LogP contribution is 2.18. The third-order valence-electron chi connectivity index (χ3n) is 15.4. The lowest BCUT2D eigenvalue weighted by atomic mass is 10.0. The summed E-state index contributed by atoms with van der Waals surface area (Å²) in [6.07, 6.45) is 80.2. The van der Waals surface area contributed by atoms with Gasteiger partial charge >= 0.3 is 5.97 Å². The molecule has 2 atom stereocenters. The maximum Gasteiger partial charge on any atom is 0.305 e. The van der Waals surface area contributed by atoms with Gasteiger partial charge in [-0.1, -0.05) is 301 Å². The Morgan fingerprint density at radius 1 is 0.378 bits per heavy atom. The summed E-state index contributed by atoms with van der Waals surface area (Å²) in [5.41, 5.74) is 0. The van der Waals surface area contributed by atoms with Gasteiger partial charge in [0.25, 0.3) is 0 Å². The van der Waals surface area contributed by atoms with Crippen molar-refractivity contribution in [3.05, 3.63) is 36.5 Å². The summed E-state index contributed by atoms with van der Waals surface area (Å²) in [5, 5.41) is 23.4. The molecular formula is C68H129NO5. The minimum atomic E-state index is -0.668. The number of allylic oxidation sites excluding steroid dienone is 6. The van der Waals surface area contributed by atoms with E-state index in [0.717, 1.165) is 51.4 Å². The summed E-state index contributed by atoms with van der Waals surface area (Å²) in [7, 11) is 0. The molecule has 0 aromatic heterocycles. The molecule has 3 N–H and O–H groups in total. The van der Waals surface area contributed by atoms with E-state index in [-0.39, 0.29) is 18.5 Å². The van der Waals surface area contributed by atoms with Gasteiger partial charge in [-0.3, -0.25) is 9.59 Å². The van der Waals surface area contributed by atoms with E-state index in [4.69, 9.17) is 4.74 Å². The summed E-state index contributed by atoms with van der Waals surface area (Å²) < 4.78 is 5.48. The standard InChI is InChI=1S/C68H129NO5/c1-3-5-7-9-11-13-15-17-19-20-29-33-36-40-44-48-52-56-60-66(71)65(64-70)69-67(72)61-57-53-49-45-41-37-34-30-27-25-23-21-22-24-26-28-31-35-39-43-47-51-55-59-63-74-68(73)62-58-54-50-46-42-38-32-18-16-14-12-10-8-6-4-2/h12,14,18,23,25,32,65-66,70-71H,3-11,13,15-17,19-22,24,26-31,33-64H2,1-2H3,(H,69,72)/b14-12-,25-23-,32-18-. The van der Waals surface area contributed by atoms with Gasteiger partial charge in [-0.05, 0) is 83.5 Å². The number of esters is 1. The molecule has 6 heteroatoms. The second-order valence-electron chi connectivity index (χ2n) is 22.8. The number of rotatable bonds is 62. The Hall–Kier alpha value is -1.92. The minimum absolute atomic E-state index is 0.00117. The summed E-state index contributed by atoms with van der Waals surface area (Å²) >= 11 is 0. The van der Waals surface area contributed by atoms with E-state index in [0.29, 0.717) is 25.9 Å². The number of aliphatic hydroxyl groups excluding tert-OH is 2. The first-order chi connectivity index (χ1) is 36.5. The second kappa shape index (κ2) is 63.6. The van der Waals surface area contributed by atoms with E-state index < -0.39 is 12.1 Å². The van der Waals surface area contributed by atoms with Gasteiger partial charge in [0.2, 0.25) is 5.91 Å². The highest BCUT2D eigenvalue weighted by molar-refractivity contribution is 5.76. The molecule has 0 aromatic rings. The van der Waals surface area contributed by atoms with Crippen LogP contribution in [-0.2, 0) is 14.3 Å². The Kier molecular flexibility index (Phi) is 62.0. The van der Waals surface area contributed by atoms with Crippen LogP contribution in [0.5, 0.6) is 0 Å². The lowest BCUT2D eigenvalue weighted by molar-refractivity contribution is -0.143. The zero-order valence-corrected chi connectivity index (χ0v) is 49.8. The van der Waals surface area contributed by atoms with Gasteiger partial charge < -0.3 is 20.3 Å². The molecule has 6 nitrogen and oxygen atoms in total. The van der Waals surface area contributed by atoms with Crippen LogP contribution in [0.4, 0.5) is 0 Å². The Morgan fingerprint density at radius 3 is 1.07 bits per heavy atom. The van der Waals surface area contributed by atoms with Gasteiger partial charge in [0.15, 0.2) is 0 Å². The van der Waals surface area contributed by atoms with Crippen LogP contribution in [0, 0.1) is 0 Å². The monoisotopic (exact) mass is 1040 g/mol. The van der Waals surface area contributed by atoms with Gasteiger partial charge in [-0.2, -0.15) is 0 Å². The summed E-state index contributed by atoms with van der Waals surface area (Å²) in [4.78, 5) is 24.6. The molecule has 0 aliphatic heterocycles. The van der Waals surface area contributed by atoms with Gasteiger partial charge in [0, 0.05) is 12.8 Å². The molecule has 0 fully saturated rings. The molecule has 2 unspecified atom stereocenters. The maximum absolute atomic E-state index is 12.5. The van der Waals surface area contributed by atoms with Crippen molar-refractivity contribution in [1.82, 2.24) is 5.32 Å². The van der Waals surface area contributed by atoms with E-state index in [1.165, 1.54) is 276 Å². The molecule has 1 amide bonds. The quantitative estimate of drug-likeness (QED) is 0.0320. The molecule has 0 aromatic carbocycles. The molecule has 0 radical (unpaired) electrons. The summed E-state index contributed by atoms with van der Waals surface area (Å²) in [5.74, 6) is -0.0381. The van der Waals surface area contributed by atoms with Crippen LogP contribution in [0.15, 0.2) is 36.5 Å². The first-order valence-corrected chi connectivity index (χ1v) is 33.2. The number of amides is 1. The average Bonchev–Trinajstić information content (AvgIpc) is 3.40. The lowest BCUT2D eigenvalue weighted by Gasteiger charge is -2.22. The molecule has 0 aliphatic carbocycles. The van der Waals surface area contributed by atoms with E-state index in [2.05, 4.69) is 55.6 Å². The zero-order chi connectivity index (χ0) is 53.6. The Bertz CT molecular complexity index is 1200. The van der Waals surface area contributed by atoms with Crippen molar-refractivity contribution in [1.29, 1.82) is 0 Å². The summed E-state index contributed by atoms with van der Waals surface area (Å²) in [6, 6.07) is -0.546. The second-order valence-corrected chi connectivity index (χ2v) is 22.8. The molecule has 0 saturated heterocycles. The number of unbranched alkanes of at least 4 members (excludes halogenated alkanes) is 45. The third kappa shape index (κ3) is 59.3. The average molecular weight is 1040 g/mol.